The number of ether oxygens (including phenoxy) is 4. The number of rotatable bonds is 8. The molecule has 1 heterocycles. The van der Waals surface area contributed by atoms with Crippen molar-refractivity contribution in [2.24, 2.45) is 0 Å². The van der Waals surface area contributed by atoms with E-state index in [9.17, 15) is 14.7 Å². The molecule has 1 fully saturated rings. The largest absolute Gasteiger partial charge is 0.507 e. The molecule has 0 aromatic heterocycles. The Kier molecular flexibility index (Phi) is 7.62. The second-order valence-electron chi connectivity index (χ2n) is 9.06. The van der Waals surface area contributed by atoms with Crippen LogP contribution in [0.1, 0.15) is 33.9 Å². The van der Waals surface area contributed by atoms with Gasteiger partial charge in [0.1, 0.15) is 17.3 Å². The number of Topliss-reactive ketones (excluding diaryl/α,β-unsaturated/α-hetero) is 1. The smallest absolute Gasteiger partial charge is 0.295 e. The Morgan fingerprint density at radius 3 is 2.26 bits per heavy atom. The maximum Gasteiger partial charge on any atom is 0.295 e. The molecule has 0 aliphatic carbocycles. The molecule has 0 spiro atoms. The van der Waals surface area contributed by atoms with Crippen LogP contribution in [0, 0.1) is 13.8 Å². The van der Waals surface area contributed by atoms with Gasteiger partial charge in [-0.05, 0) is 66.4 Å². The summed E-state index contributed by atoms with van der Waals surface area (Å²) < 4.78 is 21.7. The van der Waals surface area contributed by atoms with E-state index in [-0.39, 0.29) is 17.9 Å². The number of nitrogens with zero attached hydrogens (tertiary/aromatic N) is 1. The summed E-state index contributed by atoms with van der Waals surface area (Å²) in [4.78, 5) is 28.4. The van der Waals surface area contributed by atoms with Crippen molar-refractivity contribution < 1.29 is 33.6 Å². The SMILES string of the molecule is COc1cccc(C2/C(=C(\O)c3cc(C)cc(C)c3OC)C(=O)C(=O)N2Cc2ccc(OC)c(OC)c2)c1. The Morgan fingerprint density at radius 2 is 1.61 bits per heavy atom. The third-order valence-corrected chi connectivity index (χ3v) is 6.63. The van der Waals surface area contributed by atoms with Crippen LogP contribution in [0.15, 0.2) is 60.2 Å². The van der Waals surface area contributed by atoms with Crippen LogP contribution in [0.2, 0.25) is 0 Å². The highest BCUT2D eigenvalue weighted by molar-refractivity contribution is 6.46. The minimum absolute atomic E-state index is 0.0213. The monoisotopic (exact) mass is 517 g/mol. The van der Waals surface area contributed by atoms with Gasteiger partial charge in [-0.1, -0.05) is 24.3 Å². The fourth-order valence-corrected chi connectivity index (χ4v) is 4.92. The lowest BCUT2D eigenvalue weighted by Crippen LogP contribution is -2.29. The number of likely N-dealkylation sites (tertiary alicyclic amines) is 1. The van der Waals surface area contributed by atoms with Gasteiger partial charge in [0.05, 0.1) is 45.6 Å². The van der Waals surface area contributed by atoms with E-state index in [4.69, 9.17) is 18.9 Å². The van der Waals surface area contributed by atoms with E-state index in [0.717, 1.165) is 16.7 Å². The minimum Gasteiger partial charge on any atom is -0.507 e. The number of carbonyl (C=O) groups is 2. The first kappa shape index (κ1) is 26.6. The molecule has 1 N–H and O–H groups in total. The van der Waals surface area contributed by atoms with Crippen molar-refractivity contribution in [3.8, 4) is 23.0 Å². The first-order valence-electron chi connectivity index (χ1n) is 12.0. The summed E-state index contributed by atoms with van der Waals surface area (Å²) in [5, 5.41) is 11.6. The quantitative estimate of drug-likeness (QED) is 0.256. The zero-order chi connectivity index (χ0) is 27.6. The number of carbonyl (C=O) groups excluding carboxylic acids is 2. The molecule has 0 radical (unpaired) electrons. The molecule has 1 unspecified atom stereocenters. The minimum atomic E-state index is -0.872. The predicted molar refractivity (Wildman–Crippen MR) is 143 cm³/mol. The van der Waals surface area contributed by atoms with Crippen LogP contribution in [-0.2, 0) is 16.1 Å². The van der Waals surface area contributed by atoms with Crippen LogP contribution >= 0.6 is 0 Å². The van der Waals surface area contributed by atoms with Gasteiger partial charge in [0.25, 0.3) is 11.7 Å². The third kappa shape index (κ3) is 4.77. The van der Waals surface area contributed by atoms with Gasteiger partial charge < -0.3 is 29.0 Å². The second kappa shape index (κ2) is 10.9. The zero-order valence-electron chi connectivity index (χ0n) is 22.3. The van der Waals surface area contributed by atoms with Crippen LogP contribution in [0.25, 0.3) is 5.76 Å². The van der Waals surface area contributed by atoms with Gasteiger partial charge in [-0.2, -0.15) is 0 Å². The van der Waals surface area contributed by atoms with E-state index in [1.54, 1.807) is 62.8 Å². The summed E-state index contributed by atoms with van der Waals surface area (Å²) in [5.41, 5.74) is 3.35. The van der Waals surface area contributed by atoms with Crippen molar-refractivity contribution in [3.05, 3.63) is 88.0 Å². The van der Waals surface area contributed by atoms with E-state index >= 15 is 0 Å². The number of benzene rings is 3. The van der Waals surface area contributed by atoms with Crippen molar-refractivity contribution in [1.82, 2.24) is 4.90 Å². The molecule has 0 saturated carbocycles. The van der Waals surface area contributed by atoms with Gasteiger partial charge >= 0.3 is 0 Å². The summed E-state index contributed by atoms with van der Waals surface area (Å²) in [6.07, 6.45) is 0. The Balaban J connectivity index is 1.92. The molecule has 1 atom stereocenters. The molecule has 0 bridgehead atoms. The number of hydrogen-bond donors (Lipinski definition) is 1. The fourth-order valence-electron chi connectivity index (χ4n) is 4.92. The number of methoxy groups -OCH3 is 4. The maximum atomic E-state index is 13.5. The Morgan fingerprint density at radius 1 is 0.868 bits per heavy atom. The standard InChI is InChI=1S/C30H31NO7/c1-17-12-18(2)29(38-6)22(13-17)27(32)25-26(20-8-7-9-21(15-20)35-3)31(30(34)28(25)33)16-19-10-11-23(36-4)24(14-19)37-5/h7-15,26,32H,16H2,1-6H3/b27-25+. The maximum absolute atomic E-state index is 13.5. The molecule has 8 nitrogen and oxygen atoms in total. The van der Waals surface area contributed by atoms with E-state index in [1.165, 1.54) is 19.1 Å². The van der Waals surface area contributed by atoms with E-state index in [0.29, 0.717) is 34.1 Å². The van der Waals surface area contributed by atoms with Crippen molar-refractivity contribution >= 4 is 17.4 Å². The van der Waals surface area contributed by atoms with Gasteiger partial charge in [-0.15, -0.1) is 0 Å². The van der Waals surface area contributed by atoms with Crippen LogP contribution in [0.5, 0.6) is 23.0 Å². The number of aliphatic hydroxyl groups is 1. The van der Waals surface area contributed by atoms with E-state index < -0.39 is 17.7 Å². The van der Waals surface area contributed by atoms with Gasteiger partial charge in [0.2, 0.25) is 0 Å². The average Bonchev–Trinajstić information content (AvgIpc) is 3.17. The molecule has 1 aliphatic rings. The zero-order valence-corrected chi connectivity index (χ0v) is 22.3. The highest BCUT2D eigenvalue weighted by atomic mass is 16.5. The van der Waals surface area contributed by atoms with Gasteiger partial charge in [0, 0.05) is 6.54 Å². The first-order valence-corrected chi connectivity index (χ1v) is 12.0. The van der Waals surface area contributed by atoms with Crippen molar-refractivity contribution in [2.45, 2.75) is 26.4 Å². The summed E-state index contributed by atoms with van der Waals surface area (Å²) in [7, 11) is 6.12. The molecule has 4 rings (SSSR count). The topological polar surface area (TPSA) is 94.5 Å². The van der Waals surface area contributed by atoms with Crippen molar-refractivity contribution in [1.29, 1.82) is 0 Å². The van der Waals surface area contributed by atoms with Gasteiger partial charge in [0.15, 0.2) is 11.5 Å². The lowest BCUT2D eigenvalue weighted by atomic mass is 9.93. The molecular formula is C30H31NO7. The summed E-state index contributed by atoms with van der Waals surface area (Å²) in [6.45, 7) is 3.84. The molecule has 8 heteroatoms. The number of amides is 1. The molecule has 1 amide bonds. The fraction of sp³-hybridized carbons (Fsp3) is 0.267. The predicted octanol–water partition coefficient (Wildman–Crippen LogP) is 4.96. The molecule has 198 valence electrons. The highest BCUT2D eigenvalue weighted by Crippen LogP contribution is 2.43. The first-order chi connectivity index (χ1) is 18.2. The summed E-state index contributed by atoms with van der Waals surface area (Å²) in [5.74, 6) is 0.236. The molecule has 3 aromatic rings. The van der Waals surface area contributed by atoms with Crippen LogP contribution < -0.4 is 18.9 Å². The Labute approximate surface area is 222 Å². The Hall–Kier alpha value is -4.46. The number of ketones is 1. The third-order valence-electron chi connectivity index (χ3n) is 6.63. The number of aliphatic hydroxyl groups excluding tert-OH is 1. The van der Waals surface area contributed by atoms with Crippen LogP contribution in [0.3, 0.4) is 0 Å². The van der Waals surface area contributed by atoms with Crippen molar-refractivity contribution in [3.63, 3.8) is 0 Å². The Bertz CT molecular complexity index is 1430. The molecular weight excluding hydrogens is 486 g/mol. The molecule has 3 aromatic carbocycles. The van der Waals surface area contributed by atoms with Gasteiger partial charge in [-0.25, -0.2) is 0 Å². The molecule has 38 heavy (non-hydrogen) atoms. The normalized spacial score (nSPS) is 16.5. The molecule has 1 aliphatic heterocycles. The average molecular weight is 518 g/mol. The lowest BCUT2D eigenvalue weighted by molar-refractivity contribution is -0.140. The van der Waals surface area contributed by atoms with Crippen molar-refractivity contribution in [2.75, 3.05) is 28.4 Å². The van der Waals surface area contributed by atoms with E-state index in [1.807, 2.05) is 19.9 Å². The lowest BCUT2D eigenvalue weighted by Gasteiger charge is -2.26. The van der Waals surface area contributed by atoms with Crippen LogP contribution in [-0.4, -0.2) is 50.1 Å². The number of hydrogen-bond acceptors (Lipinski definition) is 7. The summed E-state index contributed by atoms with van der Waals surface area (Å²) in [6, 6.07) is 15.2. The summed E-state index contributed by atoms with van der Waals surface area (Å²) >= 11 is 0. The van der Waals surface area contributed by atoms with Crippen LogP contribution in [0.4, 0.5) is 0 Å². The molecule has 1 saturated heterocycles. The van der Waals surface area contributed by atoms with E-state index in [2.05, 4.69) is 0 Å². The second-order valence-corrected chi connectivity index (χ2v) is 9.06. The highest BCUT2D eigenvalue weighted by Gasteiger charge is 2.46. The number of aryl methyl sites for hydroxylation is 2. The van der Waals surface area contributed by atoms with Gasteiger partial charge in [-0.3, -0.25) is 9.59 Å².